The Balaban J connectivity index is -0.000000120. The molecule has 0 aromatic carbocycles. The van der Waals surface area contributed by atoms with Crippen LogP contribution < -0.4 is 0 Å². The predicted molar refractivity (Wildman–Crippen MR) is 68.7 cm³/mol. The van der Waals surface area contributed by atoms with Gasteiger partial charge in [-0.05, 0) is 0 Å². The fourth-order valence-electron chi connectivity index (χ4n) is 0.668. The van der Waals surface area contributed by atoms with Gasteiger partial charge in [0, 0.05) is 0 Å². The normalized spacial score (nSPS) is 15.6. The quantitative estimate of drug-likeness (QED) is 0.278. The Bertz CT molecular complexity index is 187. The van der Waals surface area contributed by atoms with Crippen molar-refractivity contribution in [3.8, 4) is 0 Å². The van der Waals surface area contributed by atoms with Gasteiger partial charge in [-0.1, -0.05) is 0 Å². The molecule has 0 aliphatic heterocycles. The van der Waals surface area contributed by atoms with E-state index in [1.807, 2.05) is 0 Å². The number of aliphatic hydroxyl groups is 5. The summed E-state index contributed by atoms with van der Waals surface area (Å²) in [6, 6.07) is 0. The summed E-state index contributed by atoms with van der Waals surface area (Å²) >= 11 is 0. The van der Waals surface area contributed by atoms with Crippen LogP contribution in [0.5, 0.6) is 0 Å². The Labute approximate surface area is 195 Å². The second-order valence-corrected chi connectivity index (χ2v) is 2.51. The van der Waals surface area contributed by atoms with Crippen LogP contribution in [0.15, 0.2) is 0 Å². The van der Waals surface area contributed by atoms with Gasteiger partial charge in [-0.25, -0.2) is 4.79 Å². The van der Waals surface area contributed by atoms with Crippen molar-refractivity contribution in [3.05, 3.63) is 0 Å². The van der Waals surface area contributed by atoms with Gasteiger partial charge in [0.2, 0.25) is 0 Å². The first-order chi connectivity index (χ1) is 5.91. The van der Waals surface area contributed by atoms with Crippen molar-refractivity contribution in [2.45, 2.75) is 24.4 Å². The summed E-state index contributed by atoms with van der Waals surface area (Å²) in [5.41, 5.74) is 0. The van der Waals surface area contributed by atoms with Crippen molar-refractivity contribution < 1.29 is 35.4 Å². The first kappa shape index (κ1) is 32.5. The SMILES string of the molecule is O=C(O)[C@H](O)[C@@H](O)[C@H](O)[C@H](O)CO.[CaH2].[NaH].[NaH].[NaH]. The van der Waals surface area contributed by atoms with Crippen molar-refractivity contribution in [1.82, 2.24) is 0 Å². The van der Waals surface area contributed by atoms with Gasteiger partial charge in [-0.15, -0.1) is 0 Å². The monoisotopic (exact) mass is 310 g/mol. The Morgan fingerprint density at radius 1 is 0.941 bits per heavy atom. The number of aliphatic hydroxyl groups excluding tert-OH is 5. The molecule has 0 aliphatic carbocycles. The van der Waals surface area contributed by atoms with Crippen LogP contribution in [0.25, 0.3) is 0 Å². The summed E-state index contributed by atoms with van der Waals surface area (Å²) < 4.78 is 0. The van der Waals surface area contributed by atoms with E-state index in [0.29, 0.717) is 0 Å². The third kappa shape index (κ3) is 12.9. The second kappa shape index (κ2) is 17.6. The maximum atomic E-state index is 10.1. The van der Waals surface area contributed by atoms with Crippen molar-refractivity contribution >= 4 is 132 Å². The van der Waals surface area contributed by atoms with E-state index in [0.717, 1.165) is 0 Å². The molecular weight excluding hydrogens is 293 g/mol. The molecule has 0 aliphatic rings. The molecule has 0 saturated heterocycles. The number of hydrogen-bond acceptors (Lipinski definition) is 6. The van der Waals surface area contributed by atoms with Gasteiger partial charge in [0.1, 0.15) is 18.3 Å². The predicted octanol–water partition coefficient (Wildman–Crippen LogP) is -6.35. The molecule has 4 atom stereocenters. The molecule has 0 amide bonds. The molecular formula is C6H17CaNa3O7. The van der Waals surface area contributed by atoms with Gasteiger partial charge in [0.25, 0.3) is 0 Å². The molecule has 0 fully saturated rings. The van der Waals surface area contributed by atoms with Crippen molar-refractivity contribution in [1.29, 1.82) is 0 Å². The number of carbonyl (C=O) groups is 1. The van der Waals surface area contributed by atoms with E-state index in [4.69, 9.17) is 30.6 Å². The van der Waals surface area contributed by atoms with Crippen LogP contribution in [-0.2, 0) is 4.79 Å². The van der Waals surface area contributed by atoms with Gasteiger partial charge in [0.05, 0.1) is 6.61 Å². The number of carboxylic acids is 1. The number of carboxylic acid groups (broad SMARTS) is 1. The summed E-state index contributed by atoms with van der Waals surface area (Å²) in [5.74, 6) is -1.73. The van der Waals surface area contributed by atoms with Gasteiger partial charge < -0.3 is 30.6 Å². The van der Waals surface area contributed by atoms with Crippen molar-refractivity contribution in [2.24, 2.45) is 0 Å². The maximum absolute atomic E-state index is 10.1. The minimum absolute atomic E-state index is 0. The molecule has 6 N–H and O–H groups in total. The summed E-state index contributed by atoms with van der Waals surface area (Å²) in [6.45, 7) is -0.843. The van der Waals surface area contributed by atoms with Crippen LogP contribution >= 0.6 is 0 Å². The molecule has 0 bridgehead atoms. The molecule has 11 heteroatoms. The molecule has 0 spiro atoms. The summed E-state index contributed by atoms with van der Waals surface area (Å²) in [7, 11) is 0. The van der Waals surface area contributed by atoms with Crippen LogP contribution in [0.1, 0.15) is 0 Å². The van der Waals surface area contributed by atoms with Crippen LogP contribution in [0.2, 0.25) is 0 Å². The van der Waals surface area contributed by atoms with E-state index in [9.17, 15) is 4.79 Å². The van der Waals surface area contributed by atoms with Gasteiger partial charge >= 0.3 is 132 Å². The first-order valence-corrected chi connectivity index (χ1v) is 3.47. The third-order valence-electron chi connectivity index (χ3n) is 1.51. The van der Waals surface area contributed by atoms with E-state index in [-0.39, 0.29) is 126 Å². The fourth-order valence-corrected chi connectivity index (χ4v) is 0.668. The average Bonchev–Trinajstić information content (AvgIpc) is 2.12. The molecule has 0 heterocycles. The molecule has 0 rings (SSSR count). The summed E-state index contributed by atoms with van der Waals surface area (Å²) in [6.07, 6.45) is -7.84. The summed E-state index contributed by atoms with van der Waals surface area (Å²) in [5, 5.41) is 51.8. The fraction of sp³-hybridized carbons (Fsp3) is 0.833. The van der Waals surface area contributed by atoms with Crippen LogP contribution in [0, 0.1) is 0 Å². The zero-order chi connectivity index (χ0) is 10.6. The molecule has 0 aromatic heterocycles. The van der Waals surface area contributed by atoms with E-state index in [2.05, 4.69) is 0 Å². The Kier molecular flexibility index (Phi) is 33.6. The second-order valence-electron chi connectivity index (χ2n) is 2.51. The Hall–Kier alpha value is 3.53. The number of hydrogen-bond donors (Lipinski definition) is 6. The molecule has 17 heavy (non-hydrogen) atoms. The van der Waals surface area contributed by atoms with E-state index >= 15 is 0 Å². The first-order valence-electron chi connectivity index (χ1n) is 3.47. The van der Waals surface area contributed by atoms with Gasteiger partial charge in [-0.2, -0.15) is 0 Å². The molecule has 0 saturated carbocycles. The van der Waals surface area contributed by atoms with E-state index in [1.54, 1.807) is 0 Å². The zero-order valence-corrected chi connectivity index (χ0v) is 6.61. The van der Waals surface area contributed by atoms with Crippen LogP contribution in [0.3, 0.4) is 0 Å². The van der Waals surface area contributed by atoms with E-state index in [1.165, 1.54) is 0 Å². The zero-order valence-electron chi connectivity index (χ0n) is 6.61. The Morgan fingerprint density at radius 2 is 1.29 bits per heavy atom. The third-order valence-corrected chi connectivity index (χ3v) is 1.51. The molecule has 0 unspecified atom stereocenters. The Morgan fingerprint density at radius 3 is 1.53 bits per heavy atom. The van der Waals surface area contributed by atoms with Crippen molar-refractivity contribution in [2.75, 3.05) is 6.61 Å². The molecule has 7 nitrogen and oxygen atoms in total. The number of rotatable bonds is 5. The average molecular weight is 310 g/mol. The molecule has 88 valence electrons. The summed E-state index contributed by atoms with van der Waals surface area (Å²) in [4.78, 5) is 10.1. The molecule has 0 aromatic rings. The van der Waals surface area contributed by atoms with Gasteiger partial charge in [-0.3, -0.25) is 0 Å². The standard InChI is InChI=1S/C6H12O7.Ca.3Na.5H/c7-1-2(8)3(9)4(10)5(11)6(12)13;;;;;;;;;/h2-5,7-11H,1H2,(H,12,13);;;;;;;;;/t2-,3-,4+,5-;;;;;;;;;/m1........./s1. The van der Waals surface area contributed by atoms with Crippen LogP contribution in [0.4, 0.5) is 0 Å². The van der Waals surface area contributed by atoms with Crippen molar-refractivity contribution in [3.63, 3.8) is 0 Å². The number of aliphatic carboxylic acids is 1. The minimum atomic E-state index is -2.20. The van der Waals surface area contributed by atoms with E-state index < -0.39 is 37.0 Å². The molecule has 0 radical (unpaired) electrons. The topological polar surface area (TPSA) is 138 Å². The van der Waals surface area contributed by atoms with Crippen LogP contribution in [-0.4, -0.2) is 194 Å². The van der Waals surface area contributed by atoms with Gasteiger partial charge in [0.15, 0.2) is 6.10 Å².